The Morgan fingerprint density at radius 1 is 1.06 bits per heavy atom. The molecule has 1 aliphatic heterocycles. The van der Waals surface area contributed by atoms with E-state index in [4.69, 9.17) is 0 Å². The van der Waals surface area contributed by atoms with E-state index in [1.54, 1.807) is 11.3 Å². The molecule has 162 valence electrons. The number of carbonyl (C=O) groups excluding carboxylic acids is 1. The summed E-state index contributed by atoms with van der Waals surface area (Å²) in [6, 6.07) is 21.1. The van der Waals surface area contributed by atoms with Crippen molar-refractivity contribution in [2.75, 3.05) is 19.6 Å². The summed E-state index contributed by atoms with van der Waals surface area (Å²) >= 11 is 1.76. The summed E-state index contributed by atoms with van der Waals surface area (Å²) in [7, 11) is 0. The number of hydrogen-bond donors (Lipinski definition) is 0. The highest BCUT2D eigenvalue weighted by molar-refractivity contribution is 7.07. The van der Waals surface area contributed by atoms with Gasteiger partial charge in [0.25, 0.3) is 5.91 Å². The second kappa shape index (κ2) is 9.80. The lowest BCUT2D eigenvalue weighted by Gasteiger charge is -2.32. The average molecular weight is 433 g/mol. The maximum atomic E-state index is 13.3. The van der Waals surface area contributed by atoms with Gasteiger partial charge in [-0.1, -0.05) is 48.0 Å². The summed E-state index contributed by atoms with van der Waals surface area (Å²) in [5.41, 5.74) is 4.83. The van der Waals surface area contributed by atoms with Crippen molar-refractivity contribution in [2.24, 2.45) is 5.92 Å². The maximum Gasteiger partial charge on any atom is 0.254 e. The van der Waals surface area contributed by atoms with Gasteiger partial charge >= 0.3 is 0 Å². The topological polar surface area (TPSA) is 23.6 Å². The van der Waals surface area contributed by atoms with Crippen molar-refractivity contribution in [3.63, 3.8) is 0 Å². The van der Waals surface area contributed by atoms with Gasteiger partial charge in [-0.05, 0) is 66.8 Å². The van der Waals surface area contributed by atoms with Gasteiger partial charge in [-0.3, -0.25) is 9.69 Å². The van der Waals surface area contributed by atoms with Crippen LogP contribution in [0.3, 0.4) is 0 Å². The van der Waals surface area contributed by atoms with Crippen molar-refractivity contribution >= 4 is 17.2 Å². The van der Waals surface area contributed by atoms with Gasteiger partial charge in [0.05, 0.1) is 0 Å². The number of nitrogens with zero attached hydrogens (tertiary/aromatic N) is 2. The fraction of sp³-hybridized carbons (Fsp3) is 0.370. The molecule has 1 saturated heterocycles. The minimum Gasteiger partial charge on any atom is -0.336 e. The first-order valence-electron chi connectivity index (χ1n) is 11.2. The first-order valence-corrected chi connectivity index (χ1v) is 12.1. The van der Waals surface area contributed by atoms with Gasteiger partial charge in [0.1, 0.15) is 0 Å². The van der Waals surface area contributed by atoms with Crippen molar-refractivity contribution in [3.05, 3.63) is 93.7 Å². The minimum absolute atomic E-state index is 0.134. The summed E-state index contributed by atoms with van der Waals surface area (Å²) < 4.78 is 0. The van der Waals surface area contributed by atoms with Gasteiger partial charge in [-0.25, -0.2) is 0 Å². The molecule has 3 aromatic rings. The Hall–Kier alpha value is -2.43. The molecule has 0 bridgehead atoms. The van der Waals surface area contributed by atoms with Crippen molar-refractivity contribution in [1.82, 2.24) is 9.80 Å². The Morgan fingerprint density at radius 2 is 1.81 bits per heavy atom. The van der Waals surface area contributed by atoms with Gasteiger partial charge in [-0.15, -0.1) is 0 Å². The molecule has 4 rings (SSSR count). The smallest absolute Gasteiger partial charge is 0.254 e. The maximum absolute atomic E-state index is 13.3. The van der Waals surface area contributed by atoms with Crippen LogP contribution in [0.5, 0.6) is 0 Å². The van der Waals surface area contributed by atoms with E-state index in [2.05, 4.69) is 71.7 Å². The number of benzene rings is 2. The van der Waals surface area contributed by atoms with Crippen molar-refractivity contribution in [1.29, 1.82) is 0 Å². The molecule has 3 nitrogen and oxygen atoms in total. The van der Waals surface area contributed by atoms with Crippen LogP contribution in [-0.2, 0) is 6.54 Å². The highest BCUT2D eigenvalue weighted by atomic mass is 32.1. The molecular formula is C27H32N2OS. The zero-order valence-corrected chi connectivity index (χ0v) is 19.5. The van der Waals surface area contributed by atoms with E-state index in [1.165, 1.54) is 16.7 Å². The molecule has 31 heavy (non-hydrogen) atoms. The lowest BCUT2D eigenvalue weighted by atomic mass is 9.88. The van der Waals surface area contributed by atoms with Crippen LogP contribution in [0.1, 0.15) is 46.8 Å². The molecule has 4 heteroatoms. The third-order valence-electron chi connectivity index (χ3n) is 6.34. The monoisotopic (exact) mass is 432 g/mol. The van der Waals surface area contributed by atoms with Crippen LogP contribution in [0.25, 0.3) is 0 Å². The molecule has 1 aromatic heterocycles. The van der Waals surface area contributed by atoms with Crippen molar-refractivity contribution in [3.8, 4) is 0 Å². The lowest BCUT2D eigenvalue weighted by Crippen LogP contribution is -2.42. The van der Waals surface area contributed by atoms with E-state index in [0.717, 1.165) is 31.7 Å². The molecule has 0 saturated carbocycles. The molecule has 2 aromatic carbocycles. The number of rotatable bonds is 7. The summed E-state index contributed by atoms with van der Waals surface area (Å²) in [4.78, 5) is 17.9. The Bertz CT molecular complexity index is 966. The Labute approximate surface area is 190 Å². The molecular weight excluding hydrogens is 400 g/mol. The van der Waals surface area contributed by atoms with E-state index >= 15 is 0 Å². The first-order chi connectivity index (χ1) is 15.0. The number of carbonyl (C=O) groups is 1. The van der Waals surface area contributed by atoms with Gasteiger partial charge in [0, 0.05) is 43.7 Å². The standard InChI is InChI=1S/C27H32N2OS/c1-20(2)29(27(30)24-7-5-4-6-8-24)17-25-16-28(15-22-13-14-31-19-22)18-26(25)23-11-9-21(3)10-12-23/h4-14,19-20,25-26H,15-18H2,1-3H3. The molecule has 0 radical (unpaired) electrons. The summed E-state index contributed by atoms with van der Waals surface area (Å²) in [6.07, 6.45) is 0. The molecule has 1 amide bonds. The minimum atomic E-state index is 0.134. The van der Waals surface area contributed by atoms with Gasteiger partial charge < -0.3 is 4.90 Å². The Kier molecular flexibility index (Phi) is 6.89. The molecule has 1 aliphatic rings. The zero-order chi connectivity index (χ0) is 21.8. The number of amides is 1. The SMILES string of the molecule is Cc1ccc(C2CN(Cc3ccsc3)CC2CN(C(=O)c2ccccc2)C(C)C)cc1. The molecule has 2 unspecified atom stereocenters. The van der Waals surface area contributed by atoms with Gasteiger partial charge in [0.2, 0.25) is 0 Å². The molecule has 1 fully saturated rings. The Balaban J connectivity index is 1.57. The molecule has 0 spiro atoms. The normalized spacial score (nSPS) is 19.1. The first kappa shape index (κ1) is 21.8. The van der Waals surface area contributed by atoms with E-state index in [1.807, 2.05) is 30.3 Å². The van der Waals surface area contributed by atoms with Crippen LogP contribution in [-0.4, -0.2) is 41.4 Å². The van der Waals surface area contributed by atoms with E-state index in [0.29, 0.717) is 11.8 Å². The highest BCUT2D eigenvalue weighted by Crippen LogP contribution is 2.35. The third-order valence-corrected chi connectivity index (χ3v) is 7.08. The summed E-state index contributed by atoms with van der Waals surface area (Å²) in [5.74, 6) is 0.981. The predicted octanol–water partition coefficient (Wildman–Crippen LogP) is 5.82. The van der Waals surface area contributed by atoms with E-state index < -0.39 is 0 Å². The summed E-state index contributed by atoms with van der Waals surface area (Å²) in [5, 5.41) is 4.40. The lowest BCUT2D eigenvalue weighted by molar-refractivity contribution is 0.0668. The second-order valence-electron chi connectivity index (χ2n) is 9.02. The average Bonchev–Trinajstić information content (AvgIpc) is 3.43. The predicted molar refractivity (Wildman–Crippen MR) is 130 cm³/mol. The highest BCUT2D eigenvalue weighted by Gasteiger charge is 2.36. The van der Waals surface area contributed by atoms with Crippen molar-refractivity contribution < 1.29 is 4.79 Å². The van der Waals surface area contributed by atoms with Gasteiger partial charge in [0.15, 0.2) is 0 Å². The van der Waals surface area contributed by atoms with Gasteiger partial charge in [-0.2, -0.15) is 11.3 Å². The largest absolute Gasteiger partial charge is 0.336 e. The molecule has 0 aliphatic carbocycles. The zero-order valence-electron chi connectivity index (χ0n) is 18.7. The van der Waals surface area contributed by atoms with Crippen LogP contribution in [0, 0.1) is 12.8 Å². The fourth-order valence-electron chi connectivity index (χ4n) is 4.63. The molecule has 2 atom stereocenters. The molecule has 0 N–H and O–H groups in total. The van der Waals surface area contributed by atoms with E-state index in [9.17, 15) is 4.79 Å². The quantitative estimate of drug-likeness (QED) is 0.469. The number of likely N-dealkylation sites (tertiary alicyclic amines) is 1. The van der Waals surface area contributed by atoms with Crippen LogP contribution < -0.4 is 0 Å². The second-order valence-corrected chi connectivity index (χ2v) is 9.80. The fourth-order valence-corrected chi connectivity index (χ4v) is 5.29. The van der Waals surface area contributed by atoms with Crippen LogP contribution >= 0.6 is 11.3 Å². The summed E-state index contributed by atoms with van der Waals surface area (Å²) in [6.45, 7) is 10.2. The van der Waals surface area contributed by atoms with Crippen molar-refractivity contribution in [2.45, 2.75) is 39.3 Å². The third kappa shape index (κ3) is 5.25. The van der Waals surface area contributed by atoms with E-state index in [-0.39, 0.29) is 11.9 Å². The Morgan fingerprint density at radius 3 is 2.45 bits per heavy atom. The van der Waals surface area contributed by atoms with Crippen LogP contribution in [0.2, 0.25) is 0 Å². The van der Waals surface area contributed by atoms with Crippen LogP contribution in [0.4, 0.5) is 0 Å². The number of thiophene rings is 1. The number of aryl methyl sites for hydroxylation is 1. The molecule has 2 heterocycles. The van der Waals surface area contributed by atoms with Crippen LogP contribution in [0.15, 0.2) is 71.4 Å². The number of hydrogen-bond acceptors (Lipinski definition) is 3.